The Kier molecular flexibility index (Phi) is 4.40. The number of halogens is 1. The molecule has 1 aromatic carbocycles. The van der Waals surface area contributed by atoms with Crippen molar-refractivity contribution >= 4 is 21.2 Å². The standard InChI is InChI=1S/C16H18FN3O3S/c1-20-16(22)12(10-18-20)15(21)11-6-5-7-13(14(11)17)19-24(23)8-3-2-4-9-24/h5-7,10,18H,2-4,8-9H2,1H3. The van der Waals surface area contributed by atoms with Gasteiger partial charge in [0.05, 0.1) is 15.3 Å². The Balaban J connectivity index is 2.04. The fraction of sp³-hybridized carbons (Fsp3) is 0.375. The third-order valence-corrected chi connectivity index (χ3v) is 6.48. The SMILES string of the molecule is Cn1[nH]cc(C(=O)c2cccc(N=S3(=O)CCCCC3)c2F)c1=O. The second-order valence-corrected chi connectivity index (χ2v) is 8.40. The lowest BCUT2D eigenvalue weighted by Crippen LogP contribution is -2.20. The molecule has 0 saturated carbocycles. The topological polar surface area (TPSA) is 84.3 Å². The minimum absolute atomic E-state index is 0.0832. The largest absolute Gasteiger partial charge is 0.302 e. The Bertz CT molecular complexity index is 955. The molecule has 2 aromatic rings. The van der Waals surface area contributed by atoms with E-state index < -0.39 is 26.9 Å². The first kappa shape index (κ1) is 16.6. The van der Waals surface area contributed by atoms with Gasteiger partial charge in [0, 0.05) is 24.8 Å². The number of rotatable bonds is 3. The zero-order valence-electron chi connectivity index (χ0n) is 13.3. The number of ketones is 1. The zero-order chi connectivity index (χ0) is 17.3. The van der Waals surface area contributed by atoms with Crippen LogP contribution in [0.3, 0.4) is 0 Å². The molecule has 0 aliphatic carbocycles. The average Bonchev–Trinajstić information content (AvgIpc) is 2.89. The molecule has 6 nitrogen and oxygen atoms in total. The Morgan fingerprint density at radius 1 is 1.25 bits per heavy atom. The van der Waals surface area contributed by atoms with Crippen LogP contribution in [0, 0.1) is 5.82 Å². The highest BCUT2D eigenvalue weighted by molar-refractivity contribution is 7.93. The van der Waals surface area contributed by atoms with Crippen molar-refractivity contribution in [1.82, 2.24) is 9.78 Å². The van der Waals surface area contributed by atoms with Crippen LogP contribution in [0.25, 0.3) is 0 Å². The molecule has 24 heavy (non-hydrogen) atoms. The molecule has 128 valence electrons. The third-order valence-electron chi connectivity index (χ3n) is 4.10. The van der Waals surface area contributed by atoms with E-state index >= 15 is 0 Å². The molecule has 0 bridgehead atoms. The molecule has 1 fully saturated rings. The maximum absolute atomic E-state index is 14.7. The molecule has 2 heterocycles. The molecule has 0 radical (unpaired) electrons. The van der Waals surface area contributed by atoms with Gasteiger partial charge in [-0.15, -0.1) is 0 Å². The van der Waals surface area contributed by atoms with Gasteiger partial charge in [0.25, 0.3) is 5.56 Å². The number of carbonyl (C=O) groups is 1. The van der Waals surface area contributed by atoms with E-state index in [1.807, 2.05) is 0 Å². The quantitative estimate of drug-likeness (QED) is 0.862. The first-order chi connectivity index (χ1) is 11.4. The van der Waals surface area contributed by atoms with Gasteiger partial charge in [0.15, 0.2) is 5.82 Å². The van der Waals surface area contributed by atoms with Crippen LogP contribution in [0.2, 0.25) is 0 Å². The van der Waals surface area contributed by atoms with Crippen molar-refractivity contribution in [3.05, 3.63) is 51.7 Å². The summed E-state index contributed by atoms with van der Waals surface area (Å²) in [4.78, 5) is 24.3. The second kappa shape index (κ2) is 6.35. The van der Waals surface area contributed by atoms with Crippen LogP contribution in [0.15, 0.2) is 33.6 Å². The molecule has 0 atom stereocenters. The predicted molar refractivity (Wildman–Crippen MR) is 89.7 cm³/mol. The van der Waals surface area contributed by atoms with Crippen LogP contribution in [-0.4, -0.2) is 31.3 Å². The van der Waals surface area contributed by atoms with Gasteiger partial charge in [0.1, 0.15) is 11.3 Å². The van der Waals surface area contributed by atoms with Gasteiger partial charge in [-0.1, -0.05) is 12.5 Å². The number of hydrogen-bond donors (Lipinski definition) is 1. The maximum Gasteiger partial charge on any atom is 0.277 e. The van der Waals surface area contributed by atoms with Gasteiger partial charge in [-0.3, -0.25) is 14.3 Å². The highest BCUT2D eigenvalue weighted by Crippen LogP contribution is 2.26. The third kappa shape index (κ3) is 3.06. The number of aromatic nitrogens is 2. The number of H-pyrrole nitrogens is 1. The van der Waals surface area contributed by atoms with Gasteiger partial charge in [-0.25, -0.2) is 8.60 Å². The molecule has 8 heteroatoms. The van der Waals surface area contributed by atoms with Gasteiger partial charge in [0.2, 0.25) is 5.78 Å². The first-order valence-electron chi connectivity index (χ1n) is 7.71. The van der Waals surface area contributed by atoms with Crippen LogP contribution in [-0.2, 0) is 16.8 Å². The number of hydrogen-bond acceptors (Lipinski definition) is 4. The molecule has 1 N–H and O–H groups in total. The summed E-state index contributed by atoms with van der Waals surface area (Å²) >= 11 is 0. The van der Waals surface area contributed by atoms with Gasteiger partial charge < -0.3 is 5.10 Å². The van der Waals surface area contributed by atoms with Crippen molar-refractivity contribution in [2.45, 2.75) is 19.3 Å². The summed E-state index contributed by atoms with van der Waals surface area (Å²) in [6.45, 7) is 0. The Morgan fingerprint density at radius 2 is 1.96 bits per heavy atom. The lowest BCUT2D eigenvalue weighted by molar-refractivity contribution is 0.103. The van der Waals surface area contributed by atoms with Gasteiger partial charge in [-0.2, -0.15) is 4.36 Å². The smallest absolute Gasteiger partial charge is 0.277 e. The lowest BCUT2D eigenvalue weighted by atomic mass is 10.1. The summed E-state index contributed by atoms with van der Waals surface area (Å²) in [6, 6.07) is 4.19. The molecular formula is C16H18FN3O3S. The fourth-order valence-electron chi connectivity index (χ4n) is 2.74. The lowest BCUT2D eigenvalue weighted by Gasteiger charge is -2.15. The van der Waals surface area contributed by atoms with Crippen LogP contribution in [0.1, 0.15) is 35.2 Å². The zero-order valence-corrected chi connectivity index (χ0v) is 14.1. The van der Waals surface area contributed by atoms with Crippen LogP contribution < -0.4 is 5.56 Å². The van der Waals surface area contributed by atoms with Gasteiger partial charge in [-0.05, 0) is 25.0 Å². The first-order valence-corrected chi connectivity index (χ1v) is 9.57. The number of nitrogens with one attached hydrogen (secondary N) is 1. The highest BCUT2D eigenvalue weighted by Gasteiger charge is 2.22. The normalized spacial score (nSPS) is 16.8. The number of aryl methyl sites for hydroxylation is 1. The van der Waals surface area contributed by atoms with Crippen molar-refractivity contribution in [3.8, 4) is 0 Å². The van der Waals surface area contributed by atoms with E-state index in [4.69, 9.17) is 0 Å². The van der Waals surface area contributed by atoms with Gasteiger partial charge >= 0.3 is 0 Å². The van der Waals surface area contributed by atoms with Crippen LogP contribution in [0.4, 0.5) is 10.1 Å². The number of carbonyl (C=O) groups excluding carboxylic acids is 1. The van der Waals surface area contributed by atoms with Crippen LogP contribution >= 0.6 is 0 Å². The maximum atomic E-state index is 14.7. The van der Waals surface area contributed by atoms with Crippen molar-refractivity contribution in [1.29, 1.82) is 0 Å². The number of nitrogens with zero attached hydrogens (tertiary/aromatic N) is 2. The fourth-order valence-corrected chi connectivity index (χ4v) is 4.94. The van der Waals surface area contributed by atoms with E-state index in [9.17, 15) is 18.2 Å². The van der Waals surface area contributed by atoms with Crippen molar-refractivity contribution < 1.29 is 13.4 Å². The van der Waals surface area contributed by atoms with E-state index in [0.29, 0.717) is 11.5 Å². The summed E-state index contributed by atoms with van der Waals surface area (Å²) < 4.78 is 32.6. The summed E-state index contributed by atoms with van der Waals surface area (Å²) in [6.07, 6.45) is 3.86. The molecule has 3 rings (SSSR count). The van der Waals surface area contributed by atoms with E-state index in [1.54, 1.807) is 0 Å². The Morgan fingerprint density at radius 3 is 2.58 bits per heavy atom. The van der Waals surface area contributed by atoms with E-state index in [-0.39, 0.29) is 16.8 Å². The molecule has 1 aromatic heterocycles. The van der Waals surface area contributed by atoms with Crippen molar-refractivity contribution in [2.24, 2.45) is 11.4 Å². The van der Waals surface area contributed by atoms with Crippen LogP contribution in [0.5, 0.6) is 0 Å². The van der Waals surface area contributed by atoms with E-state index in [2.05, 4.69) is 9.46 Å². The predicted octanol–water partition coefficient (Wildman–Crippen LogP) is 2.37. The molecule has 0 unspecified atom stereocenters. The molecule has 0 spiro atoms. The summed E-state index contributed by atoms with van der Waals surface area (Å²) in [5.74, 6) is -0.657. The Labute approximate surface area is 138 Å². The monoisotopic (exact) mass is 351 g/mol. The van der Waals surface area contributed by atoms with Crippen molar-refractivity contribution in [3.63, 3.8) is 0 Å². The summed E-state index contributed by atoms with van der Waals surface area (Å²) in [5, 5.41) is 2.58. The molecule has 1 aliphatic heterocycles. The average molecular weight is 351 g/mol. The summed E-state index contributed by atoms with van der Waals surface area (Å²) in [5.41, 5.74) is -0.998. The molecule has 1 aliphatic rings. The molecule has 0 amide bonds. The van der Waals surface area contributed by atoms with E-state index in [1.165, 1.54) is 31.4 Å². The molecule has 1 saturated heterocycles. The number of aromatic amines is 1. The summed E-state index contributed by atoms with van der Waals surface area (Å²) in [7, 11) is -1.01. The van der Waals surface area contributed by atoms with Crippen molar-refractivity contribution in [2.75, 3.05) is 11.5 Å². The Hall–Kier alpha value is -2.22. The minimum Gasteiger partial charge on any atom is -0.302 e. The second-order valence-electron chi connectivity index (χ2n) is 5.85. The van der Waals surface area contributed by atoms with E-state index in [0.717, 1.165) is 23.9 Å². The molecular weight excluding hydrogens is 333 g/mol. The highest BCUT2D eigenvalue weighted by atomic mass is 32.2. The number of benzene rings is 1. The minimum atomic E-state index is -2.48.